The number of carbonyl (C=O) groups excluding carboxylic acids is 1. The summed E-state index contributed by atoms with van der Waals surface area (Å²) in [6, 6.07) is 0. The molecule has 1 fully saturated rings. The van der Waals surface area contributed by atoms with Crippen LogP contribution in [0.5, 0.6) is 0 Å². The Morgan fingerprint density at radius 1 is 1.47 bits per heavy atom. The first-order valence-electron chi connectivity index (χ1n) is 5.63. The summed E-state index contributed by atoms with van der Waals surface area (Å²) in [7, 11) is 0. The van der Waals surface area contributed by atoms with Crippen molar-refractivity contribution in [1.29, 1.82) is 0 Å². The molecule has 0 aromatic heterocycles. The van der Waals surface area contributed by atoms with E-state index >= 15 is 0 Å². The molecule has 1 atom stereocenters. The molecule has 1 aliphatic heterocycles. The standard InChI is InChI=1S/C11H15F3N2O3/c1-2-4-15-8(17)6-16-5-3-10(7-16,9(18)19)11(12,13)14/h2H,1,3-7H2,(H,15,17)(H,18,19). The van der Waals surface area contributed by atoms with E-state index in [0.717, 1.165) is 0 Å². The van der Waals surface area contributed by atoms with Gasteiger partial charge in [0.25, 0.3) is 0 Å². The number of aliphatic carboxylic acids is 1. The highest BCUT2D eigenvalue weighted by Gasteiger charge is 2.63. The van der Waals surface area contributed by atoms with Crippen LogP contribution in [0, 0.1) is 5.41 Å². The van der Waals surface area contributed by atoms with Crippen molar-refractivity contribution in [1.82, 2.24) is 10.2 Å². The van der Waals surface area contributed by atoms with Crippen LogP contribution in [0.3, 0.4) is 0 Å². The molecule has 1 heterocycles. The van der Waals surface area contributed by atoms with Crippen molar-refractivity contribution in [2.24, 2.45) is 5.41 Å². The van der Waals surface area contributed by atoms with E-state index in [4.69, 9.17) is 5.11 Å². The lowest BCUT2D eigenvalue weighted by molar-refractivity contribution is -0.227. The Morgan fingerprint density at radius 3 is 2.53 bits per heavy atom. The third-order valence-electron chi connectivity index (χ3n) is 3.11. The molecule has 0 aromatic carbocycles. The zero-order valence-electron chi connectivity index (χ0n) is 10.2. The van der Waals surface area contributed by atoms with Crippen LogP contribution in [0.25, 0.3) is 0 Å². The Labute approximate surface area is 108 Å². The first-order valence-corrected chi connectivity index (χ1v) is 5.63. The van der Waals surface area contributed by atoms with Gasteiger partial charge in [-0.1, -0.05) is 6.08 Å². The highest BCUT2D eigenvalue weighted by molar-refractivity contribution is 5.79. The molecule has 0 radical (unpaired) electrons. The van der Waals surface area contributed by atoms with Crippen molar-refractivity contribution < 1.29 is 27.9 Å². The molecule has 0 saturated carbocycles. The fourth-order valence-electron chi connectivity index (χ4n) is 2.00. The van der Waals surface area contributed by atoms with Crippen molar-refractivity contribution in [3.63, 3.8) is 0 Å². The Hall–Kier alpha value is -1.57. The Morgan fingerprint density at radius 2 is 2.11 bits per heavy atom. The lowest BCUT2D eigenvalue weighted by Gasteiger charge is -2.27. The molecule has 1 aliphatic rings. The zero-order chi connectivity index (χ0) is 14.7. The van der Waals surface area contributed by atoms with Crippen molar-refractivity contribution in [3.8, 4) is 0 Å². The number of hydrogen-bond donors (Lipinski definition) is 2. The molecule has 0 bridgehead atoms. The first kappa shape index (κ1) is 15.5. The van der Waals surface area contributed by atoms with E-state index in [9.17, 15) is 22.8 Å². The van der Waals surface area contributed by atoms with E-state index in [2.05, 4.69) is 11.9 Å². The zero-order valence-corrected chi connectivity index (χ0v) is 10.2. The summed E-state index contributed by atoms with van der Waals surface area (Å²) in [5, 5.41) is 11.3. The molecule has 8 heteroatoms. The number of alkyl halides is 3. The predicted molar refractivity (Wildman–Crippen MR) is 60.4 cm³/mol. The molecular formula is C11H15F3N2O3. The summed E-state index contributed by atoms with van der Waals surface area (Å²) in [6.07, 6.45) is -3.93. The first-order chi connectivity index (χ1) is 8.73. The number of carboxylic acid groups (broad SMARTS) is 1. The number of nitrogens with one attached hydrogen (secondary N) is 1. The Kier molecular flexibility index (Phi) is 4.56. The number of halogens is 3. The van der Waals surface area contributed by atoms with Crippen molar-refractivity contribution in [3.05, 3.63) is 12.7 Å². The van der Waals surface area contributed by atoms with E-state index in [1.807, 2.05) is 0 Å². The smallest absolute Gasteiger partial charge is 0.406 e. The van der Waals surface area contributed by atoms with Gasteiger partial charge in [-0.05, 0) is 6.42 Å². The predicted octanol–water partition coefficient (Wildman–Crippen LogP) is 0.628. The second kappa shape index (κ2) is 5.60. The third kappa shape index (κ3) is 3.25. The SMILES string of the molecule is C=CCNC(=O)CN1CCC(C(=O)O)(C(F)(F)F)C1. The van der Waals surface area contributed by atoms with Gasteiger partial charge in [0, 0.05) is 19.6 Å². The van der Waals surface area contributed by atoms with Gasteiger partial charge in [-0.2, -0.15) is 13.2 Å². The van der Waals surface area contributed by atoms with Gasteiger partial charge in [0.15, 0.2) is 5.41 Å². The molecule has 0 spiro atoms. The molecule has 1 rings (SSSR count). The largest absolute Gasteiger partial charge is 0.481 e. The molecule has 108 valence electrons. The van der Waals surface area contributed by atoms with E-state index in [0.29, 0.717) is 0 Å². The van der Waals surface area contributed by atoms with Crippen molar-refractivity contribution in [2.75, 3.05) is 26.2 Å². The van der Waals surface area contributed by atoms with Gasteiger partial charge >= 0.3 is 12.1 Å². The second-order valence-corrected chi connectivity index (χ2v) is 4.44. The normalized spacial score (nSPS) is 24.2. The van der Waals surface area contributed by atoms with E-state index < -0.39 is 36.4 Å². The summed E-state index contributed by atoms with van der Waals surface area (Å²) in [5.74, 6) is -2.35. The Balaban J connectivity index is 2.68. The highest BCUT2D eigenvalue weighted by atomic mass is 19.4. The van der Waals surface area contributed by atoms with E-state index in [-0.39, 0.29) is 19.6 Å². The van der Waals surface area contributed by atoms with Crippen molar-refractivity contribution in [2.45, 2.75) is 12.6 Å². The molecule has 0 aliphatic carbocycles. The maximum atomic E-state index is 12.9. The Bertz CT molecular complexity index is 384. The van der Waals surface area contributed by atoms with Gasteiger partial charge in [-0.15, -0.1) is 6.58 Å². The minimum Gasteiger partial charge on any atom is -0.481 e. The number of amides is 1. The van der Waals surface area contributed by atoms with Gasteiger partial charge in [0.05, 0.1) is 6.54 Å². The van der Waals surface area contributed by atoms with Gasteiger partial charge in [-0.3, -0.25) is 14.5 Å². The monoisotopic (exact) mass is 280 g/mol. The second-order valence-electron chi connectivity index (χ2n) is 4.44. The quantitative estimate of drug-likeness (QED) is 0.725. The number of carboxylic acids is 1. The summed E-state index contributed by atoms with van der Waals surface area (Å²) >= 11 is 0. The van der Waals surface area contributed by atoms with Gasteiger partial charge in [0.1, 0.15) is 0 Å². The molecule has 5 nitrogen and oxygen atoms in total. The van der Waals surface area contributed by atoms with Crippen LogP contribution in [0.1, 0.15) is 6.42 Å². The van der Waals surface area contributed by atoms with Crippen LogP contribution in [0.2, 0.25) is 0 Å². The molecule has 1 unspecified atom stereocenters. The molecule has 1 amide bonds. The number of nitrogens with zero attached hydrogens (tertiary/aromatic N) is 1. The topological polar surface area (TPSA) is 69.6 Å². The number of likely N-dealkylation sites (tertiary alicyclic amines) is 1. The van der Waals surface area contributed by atoms with Crippen LogP contribution in [-0.2, 0) is 9.59 Å². The molecule has 1 saturated heterocycles. The number of carbonyl (C=O) groups is 2. The van der Waals surface area contributed by atoms with Crippen LogP contribution in [0.4, 0.5) is 13.2 Å². The molecule has 19 heavy (non-hydrogen) atoms. The van der Waals surface area contributed by atoms with Crippen molar-refractivity contribution >= 4 is 11.9 Å². The fraction of sp³-hybridized carbons (Fsp3) is 0.636. The molecular weight excluding hydrogens is 265 g/mol. The third-order valence-corrected chi connectivity index (χ3v) is 3.11. The molecule has 0 aromatic rings. The summed E-state index contributed by atoms with van der Waals surface area (Å²) in [6.45, 7) is 2.58. The van der Waals surface area contributed by atoms with E-state index in [1.54, 1.807) is 0 Å². The van der Waals surface area contributed by atoms with Crippen LogP contribution in [0.15, 0.2) is 12.7 Å². The lowest BCUT2D eigenvalue weighted by atomic mass is 9.86. The number of hydrogen-bond acceptors (Lipinski definition) is 3. The maximum Gasteiger partial charge on any atom is 0.406 e. The summed E-state index contributed by atoms with van der Waals surface area (Å²) in [4.78, 5) is 23.5. The van der Waals surface area contributed by atoms with Crippen LogP contribution in [-0.4, -0.2) is 54.2 Å². The summed E-state index contributed by atoms with van der Waals surface area (Å²) < 4.78 is 38.6. The van der Waals surface area contributed by atoms with E-state index in [1.165, 1.54) is 11.0 Å². The minimum absolute atomic E-state index is 0.0761. The fourth-order valence-corrected chi connectivity index (χ4v) is 2.00. The molecule has 2 N–H and O–H groups in total. The minimum atomic E-state index is -4.83. The summed E-state index contributed by atoms with van der Waals surface area (Å²) in [5.41, 5.74) is -2.77. The van der Waals surface area contributed by atoms with Gasteiger partial charge in [0.2, 0.25) is 5.91 Å². The van der Waals surface area contributed by atoms with Crippen LogP contribution < -0.4 is 5.32 Å². The average molecular weight is 280 g/mol. The van der Waals surface area contributed by atoms with Gasteiger partial charge in [-0.25, -0.2) is 0 Å². The highest BCUT2D eigenvalue weighted by Crippen LogP contribution is 2.45. The number of rotatable bonds is 5. The van der Waals surface area contributed by atoms with Gasteiger partial charge < -0.3 is 10.4 Å². The average Bonchev–Trinajstić information content (AvgIpc) is 2.71. The maximum absolute atomic E-state index is 12.9. The lowest BCUT2D eigenvalue weighted by Crippen LogP contribution is -2.48. The van der Waals surface area contributed by atoms with Crippen LogP contribution >= 0.6 is 0 Å².